The van der Waals surface area contributed by atoms with Crippen molar-refractivity contribution >= 4 is 38.9 Å². The van der Waals surface area contributed by atoms with E-state index in [-0.39, 0.29) is 24.8 Å². The second-order valence-electron chi connectivity index (χ2n) is 8.98. The van der Waals surface area contributed by atoms with Crippen molar-refractivity contribution in [1.29, 1.82) is 0 Å². The van der Waals surface area contributed by atoms with Crippen molar-refractivity contribution in [1.82, 2.24) is 0 Å². The minimum absolute atomic E-state index is 0. The molecule has 0 radical (unpaired) electrons. The van der Waals surface area contributed by atoms with Gasteiger partial charge in [0.15, 0.2) is 0 Å². The van der Waals surface area contributed by atoms with Gasteiger partial charge in [-0.15, -0.1) is 24.8 Å². The Balaban J connectivity index is 0.00000288. The first-order chi connectivity index (χ1) is 10.5. The zero-order valence-electron chi connectivity index (χ0n) is 17.5. The minimum Gasteiger partial charge on any atom is -0.147 e. The molecule has 0 fully saturated rings. The van der Waals surface area contributed by atoms with Gasteiger partial charge in [-0.2, -0.15) is 0 Å². The SMILES string of the molecule is CC1=C(C)C(C)[C]([Hf]([C]2=C(C[Si](C)(C)C)C=CC2)[SiH](C)C)=C1C.Cl.Cl. The number of hydrogen-bond acceptors (Lipinski definition) is 0. The largest absolute Gasteiger partial charge is 0.147 e. The molecule has 1 unspecified atom stereocenters. The molecule has 25 heavy (non-hydrogen) atoms. The molecule has 1 atom stereocenters. The van der Waals surface area contributed by atoms with Gasteiger partial charge in [0.2, 0.25) is 0 Å². The van der Waals surface area contributed by atoms with E-state index in [1.807, 2.05) is 6.66 Å². The molecule has 0 amide bonds. The predicted octanol–water partition coefficient (Wildman–Crippen LogP) is 7.24. The number of hydrogen-bond donors (Lipinski definition) is 0. The van der Waals surface area contributed by atoms with Crippen LogP contribution in [0, 0.1) is 5.92 Å². The van der Waals surface area contributed by atoms with Crippen LogP contribution in [0.4, 0.5) is 0 Å². The Morgan fingerprint density at radius 1 is 1.08 bits per heavy atom. The molecule has 0 aliphatic heterocycles. The predicted molar refractivity (Wildman–Crippen MR) is 123 cm³/mol. The molecule has 0 heterocycles. The summed E-state index contributed by atoms with van der Waals surface area (Å²) in [6.07, 6.45) is 6.29. The molecule has 0 aromatic heterocycles. The van der Waals surface area contributed by atoms with Gasteiger partial charge in [0.25, 0.3) is 0 Å². The average molecular weight is 583 g/mol. The van der Waals surface area contributed by atoms with Gasteiger partial charge in [-0.05, 0) is 0 Å². The van der Waals surface area contributed by atoms with E-state index in [0.29, 0.717) is 0 Å². The molecule has 0 nitrogen and oxygen atoms in total. The first kappa shape index (κ1) is 25.8. The fraction of sp³-hybridized carbons (Fsp3) is 0.600. The van der Waals surface area contributed by atoms with Crippen molar-refractivity contribution in [3.63, 3.8) is 0 Å². The quantitative estimate of drug-likeness (QED) is 0.300. The molecule has 143 valence electrons. The van der Waals surface area contributed by atoms with Crippen LogP contribution < -0.4 is 0 Å². The summed E-state index contributed by atoms with van der Waals surface area (Å²) >= 11 is -1.84. The average Bonchev–Trinajstić information content (AvgIpc) is 2.92. The normalized spacial score (nSPS) is 20.5. The monoisotopic (exact) mass is 583 g/mol. The van der Waals surface area contributed by atoms with Crippen LogP contribution in [-0.4, -0.2) is 14.1 Å². The van der Waals surface area contributed by atoms with Crippen molar-refractivity contribution < 1.29 is 20.6 Å². The molecule has 0 N–H and O–H groups in total. The molecule has 0 aromatic carbocycles. The van der Waals surface area contributed by atoms with Crippen molar-refractivity contribution in [3.05, 3.63) is 41.1 Å². The van der Waals surface area contributed by atoms with Crippen molar-refractivity contribution in [2.45, 2.75) is 72.9 Å². The third-order valence-electron chi connectivity index (χ3n) is 5.58. The Bertz CT molecular complexity index is 622. The van der Waals surface area contributed by atoms with E-state index in [4.69, 9.17) is 0 Å². The summed E-state index contributed by atoms with van der Waals surface area (Å²) in [6.45, 7) is 22.5. The van der Waals surface area contributed by atoms with Gasteiger partial charge in [-0.3, -0.25) is 0 Å². The van der Waals surface area contributed by atoms with Crippen molar-refractivity contribution in [2.24, 2.45) is 5.92 Å². The molecule has 2 aliphatic rings. The first-order valence-electron chi connectivity index (χ1n) is 9.19. The van der Waals surface area contributed by atoms with Gasteiger partial charge in [0.1, 0.15) is 0 Å². The molecule has 0 bridgehead atoms. The Kier molecular flexibility index (Phi) is 10.2. The van der Waals surface area contributed by atoms with E-state index in [2.05, 4.69) is 72.6 Å². The van der Waals surface area contributed by atoms with Crippen molar-refractivity contribution in [2.75, 3.05) is 0 Å². The molecular formula is C20H37Cl2HfSi2. The molecule has 0 aromatic rings. The van der Waals surface area contributed by atoms with Crippen LogP contribution in [0.1, 0.15) is 34.1 Å². The fourth-order valence-electron chi connectivity index (χ4n) is 4.19. The van der Waals surface area contributed by atoms with E-state index >= 15 is 0 Å². The van der Waals surface area contributed by atoms with Crippen LogP contribution in [0.15, 0.2) is 41.1 Å². The zero-order valence-corrected chi connectivity index (χ0v) is 24.9. The minimum atomic E-state index is -1.84. The van der Waals surface area contributed by atoms with Crippen LogP contribution >= 0.6 is 24.8 Å². The summed E-state index contributed by atoms with van der Waals surface area (Å²) in [6, 6.07) is 1.40. The topological polar surface area (TPSA) is 0 Å². The Hall–Kier alpha value is 0.844. The Morgan fingerprint density at radius 3 is 2.04 bits per heavy atom. The van der Waals surface area contributed by atoms with Crippen LogP contribution in [-0.2, 0) is 20.6 Å². The molecule has 2 aliphatic carbocycles. The second-order valence-corrected chi connectivity index (χ2v) is 41.0. The molecule has 0 saturated heterocycles. The van der Waals surface area contributed by atoms with Crippen LogP contribution in [0.3, 0.4) is 0 Å². The summed E-state index contributed by atoms with van der Waals surface area (Å²) < 4.78 is 3.99. The number of halogens is 2. The van der Waals surface area contributed by atoms with Gasteiger partial charge >= 0.3 is 155 Å². The maximum absolute atomic E-state index is 2.65. The van der Waals surface area contributed by atoms with Crippen LogP contribution in [0.5, 0.6) is 0 Å². The van der Waals surface area contributed by atoms with E-state index < -0.39 is 34.7 Å². The van der Waals surface area contributed by atoms with Gasteiger partial charge < -0.3 is 0 Å². The third kappa shape index (κ3) is 5.66. The molecule has 0 saturated carbocycles. The van der Waals surface area contributed by atoms with Gasteiger partial charge in [-0.1, -0.05) is 0 Å². The van der Waals surface area contributed by atoms with E-state index in [1.165, 1.54) is 12.5 Å². The second kappa shape index (κ2) is 9.86. The number of rotatable bonds is 5. The molecule has 5 heteroatoms. The molecule has 2 rings (SSSR count). The summed E-state index contributed by atoms with van der Waals surface area (Å²) in [7, 11) is -1.03. The summed E-state index contributed by atoms with van der Waals surface area (Å²) in [5.41, 5.74) is 6.77. The van der Waals surface area contributed by atoms with Gasteiger partial charge in [0.05, 0.1) is 0 Å². The Morgan fingerprint density at radius 2 is 1.64 bits per heavy atom. The number of allylic oxidation sites excluding steroid dienone is 8. The fourth-order valence-corrected chi connectivity index (χ4v) is 37.0. The van der Waals surface area contributed by atoms with Gasteiger partial charge in [-0.25, -0.2) is 0 Å². The standard InChI is InChI=1S/C9H15Si.C9H13.C2H7Si.2ClH.Hf/c1-10(2,3)8-9-6-4-5-7-9;1-6-5-7(2)9(4)8(6)3;1-3-2;;;/h4,6H,5,8H2,1-3H3;6H,1-4H3;3H,1-2H3;2*1H;. The van der Waals surface area contributed by atoms with Crippen molar-refractivity contribution in [3.8, 4) is 0 Å². The maximum atomic E-state index is 2.65. The smallest absolute Gasteiger partial charge is 0.147 e. The molecule has 0 spiro atoms. The molecular weight excluding hydrogens is 546 g/mol. The summed E-state index contributed by atoms with van der Waals surface area (Å²) in [5.74, 6) is 0.160. The summed E-state index contributed by atoms with van der Waals surface area (Å²) in [5, 5.41) is 0. The van der Waals surface area contributed by atoms with Crippen LogP contribution in [0.2, 0.25) is 38.8 Å². The zero-order chi connectivity index (χ0) is 17.5. The third-order valence-corrected chi connectivity index (χ3v) is 35.2. The Labute approximate surface area is 178 Å². The van der Waals surface area contributed by atoms with E-state index in [9.17, 15) is 0 Å². The van der Waals surface area contributed by atoms with E-state index in [1.54, 1.807) is 22.3 Å². The first-order valence-corrected chi connectivity index (χ1v) is 25.6. The van der Waals surface area contributed by atoms with E-state index in [0.717, 1.165) is 5.92 Å². The van der Waals surface area contributed by atoms with Crippen LogP contribution in [0.25, 0.3) is 0 Å². The maximum Gasteiger partial charge on any atom is -0.147 e. The van der Waals surface area contributed by atoms with Gasteiger partial charge in [0, 0.05) is 0 Å². The summed E-state index contributed by atoms with van der Waals surface area (Å²) in [4.78, 5) is 0.